The maximum Gasteiger partial charge on any atom is 0.345 e. The van der Waals surface area contributed by atoms with E-state index in [2.05, 4.69) is 10.4 Å². The fraction of sp³-hybridized carbons (Fsp3) is 0.588. The van der Waals surface area contributed by atoms with Crippen LogP contribution in [0, 0.1) is 5.92 Å². The van der Waals surface area contributed by atoms with Crippen LogP contribution in [0.15, 0.2) is 12.3 Å². The molecule has 0 fully saturated rings. The van der Waals surface area contributed by atoms with Gasteiger partial charge in [-0.05, 0) is 32.8 Å². The second-order valence-corrected chi connectivity index (χ2v) is 6.45. The van der Waals surface area contributed by atoms with Crippen molar-refractivity contribution in [3.8, 4) is 5.88 Å². The predicted molar refractivity (Wildman–Crippen MR) is 91.7 cm³/mol. The number of aromatic nitrogens is 2. The lowest BCUT2D eigenvalue weighted by Gasteiger charge is -2.21. The Labute approximate surface area is 143 Å². The van der Waals surface area contributed by atoms with Crippen LogP contribution in [0.5, 0.6) is 5.88 Å². The highest BCUT2D eigenvalue weighted by Crippen LogP contribution is 2.21. The third kappa shape index (κ3) is 6.06. The highest BCUT2D eigenvalue weighted by Gasteiger charge is 2.21. The lowest BCUT2D eigenvalue weighted by atomic mass is 10.1. The van der Waals surface area contributed by atoms with Crippen LogP contribution in [-0.2, 0) is 9.53 Å². The van der Waals surface area contributed by atoms with E-state index in [0.29, 0.717) is 18.4 Å². The average molecular weight is 337 g/mol. The summed E-state index contributed by atoms with van der Waals surface area (Å²) in [5.74, 6) is 0.0193. The van der Waals surface area contributed by atoms with Gasteiger partial charge in [0, 0.05) is 13.1 Å². The number of ether oxygens (including phenoxy) is 2. The van der Waals surface area contributed by atoms with E-state index in [-0.39, 0.29) is 18.1 Å². The van der Waals surface area contributed by atoms with E-state index < -0.39 is 11.5 Å². The molecule has 7 heteroatoms. The first-order valence-electron chi connectivity index (χ1n) is 8.01. The monoisotopic (exact) mass is 337 g/mol. The van der Waals surface area contributed by atoms with Gasteiger partial charge < -0.3 is 14.8 Å². The van der Waals surface area contributed by atoms with E-state index in [1.165, 1.54) is 17.8 Å². The van der Waals surface area contributed by atoms with Crippen LogP contribution in [0.4, 0.5) is 0 Å². The summed E-state index contributed by atoms with van der Waals surface area (Å²) in [5.41, 5.74) is -0.281. The highest BCUT2D eigenvalue weighted by atomic mass is 16.5. The molecule has 1 N–H and O–H groups in total. The van der Waals surface area contributed by atoms with Gasteiger partial charge in [-0.25, -0.2) is 9.48 Å². The quantitative estimate of drug-likeness (QED) is 0.737. The highest BCUT2D eigenvalue weighted by molar-refractivity contribution is 5.92. The Morgan fingerprint density at radius 3 is 2.62 bits per heavy atom. The third-order valence-electron chi connectivity index (χ3n) is 2.93. The first kappa shape index (κ1) is 19.7. The van der Waals surface area contributed by atoms with Gasteiger partial charge in [0.15, 0.2) is 0 Å². The molecule has 1 rings (SSSR count). The van der Waals surface area contributed by atoms with Crippen LogP contribution in [-0.4, -0.2) is 40.4 Å². The van der Waals surface area contributed by atoms with Crippen LogP contribution in [0.2, 0.25) is 0 Å². The van der Waals surface area contributed by atoms with Crippen molar-refractivity contribution in [2.24, 2.45) is 5.92 Å². The molecular formula is C17H27N3O4. The van der Waals surface area contributed by atoms with Gasteiger partial charge in [0.2, 0.25) is 11.8 Å². The van der Waals surface area contributed by atoms with Crippen LogP contribution in [0.3, 0.4) is 0 Å². The van der Waals surface area contributed by atoms with E-state index in [0.717, 1.165) is 0 Å². The van der Waals surface area contributed by atoms with Crippen molar-refractivity contribution < 1.29 is 19.1 Å². The van der Waals surface area contributed by atoms with Gasteiger partial charge in [-0.1, -0.05) is 13.8 Å². The molecule has 1 aromatic rings. The normalized spacial score (nSPS) is 11.8. The zero-order chi connectivity index (χ0) is 18.3. The van der Waals surface area contributed by atoms with Gasteiger partial charge in [0.05, 0.1) is 24.9 Å². The van der Waals surface area contributed by atoms with Crippen molar-refractivity contribution in [1.82, 2.24) is 15.1 Å². The fourth-order valence-corrected chi connectivity index (χ4v) is 1.95. The molecule has 0 aliphatic rings. The number of amides is 1. The second-order valence-electron chi connectivity index (χ2n) is 6.45. The summed E-state index contributed by atoms with van der Waals surface area (Å²) in [6.45, 7) is 11.7. The van der Waals surface area contributed by atoms with E-state index >= 15 is 0 Å². The maximum atomic E-state index is 12.0. The molecular weight excluding hydrogens is 310 g/mol. The SMILES string of the molecule is CCOC(=O)c1cnn(C=CC(C)(C)NC(C)=O)c1OCC(C)C. The standard InChI is InChI=1S/C17H27N3O4/c1-7-23-16(22)14-10-18-20(15(14)24-11-12(2)3)9-8-17(5,6)19-13(4)21/h8-10,12H,7,11H2,1-6H3,(H,19,21). The van der Waals surface area contributed by atoms with Gasteiger partial charge in [0.1, 0.15) is 5.56 Å². The van der Waals surface area contributed by atoms with Crippen molar-refractivity contribution in [3.63, 3.8) is 0 Å². The Balaban J connectivity index is 3.08. The summed E-state index contributed by atoms with van der Waals surface area (Å²) in [7, 11) is 0. The van der Waals surface area contributed by atoms with Crippen molar-refractivity contribution in [3.05, 3.63) is 17.8 Å². The Morgan fingerprint density at radius 2 is 2.08 bits per heavy atom. The lowest BCUT2D eigenvalue weighted by molar-refractivity contribution is -0.120. The molecule has 0 atom stereocenters. The lowest BCUT2D eigenvalue weighted by Crippen LogP contribution is -2.40. The third-order valence-corrected chi connectivity index (χ3v) is 2.93. The Morgan fingerprint density at radius 1 is 1.42 bits per heavy atom. The van der Waals surface area contributed by atoms with E-state index in [1.807, 2.05) is 27.7 Å². The number of nitrogens with zero attached hydrogens (tertiary/aromatic N) is 2. The summed E-state index contributed by atoms with van der Waals surface area (Å²) in [5, 5.41) is 6.98. The van der Waals surface area contributed by atoms with Crippen LogP contribution in [0.1, 0.15) is 51.9 Å². The zero-order valence-corrected chi connectivity index (χ0v) is 15.3. The predicted octanol–water partition coefficient (Wildman–Crippen LogP) is 2.48. The van der Waals surface area contributed by atoms with Crippen LogP contribution < -0.4 is 10.1 Å². The Kier molecular flexibility index (Phi) is 7.00. The van der Waals surface area contributed by atoms with E-state index in [9.17, 15) is 9.59 Å². The number of nitrogens with one attached hydrogen (secondary N) is 1. The topological polar surface area (TPSA) is 82.5 Å². The van der Waals surface area contributed by atoms with Gasteiger partial charge in [0.25, 0.3) is 0 Å². The molecule has 0 unspecified atom stereocenters. The molecule has 0 bridgehead atoms. The number of carbonyl (C=O) groups excluding carboxylic acids is 2. The smallest absolute Gasteiger partial charge is 0.345 e. The van der Waals surface area contributed by atoms with Gasteiger partial charge >= 0.3 is 5.97 Å². The van der Waals surface area contributed by atoms with E-state index in [1.54, 1.807) is 19.2 Å². The van der Waals surface area contributed by atoms with Crippen molar-refractivity contribution in [2.75, 3.05) is 13.2 Å². The van der Waals surface area contributed by atoms with Crippen molar-refractivity contribution in [2.45, 2.75) is 47.1 Å². The Hall–Kier alpha value is -2.31. The molecule has 0 spiro atoms. The molecule has 0 aliphatic carbocycles. The second kappa shape index (κ2) is 8.52. The summed E-state index contributed by atoms with van der Waals surface area (Å²) < 4.78 is 12.2. The van der Waals surface area contributed by atoms with Crippen LogP contribution in [0.25, 0.3) is 6.20 Å². The number of rotatable bonds is 8. The molecule has 1 heterocycles. The van der Waals surface area contributed by atoms with Gasteiger partial charge in [-0.2, -0.15) is 5.10 Å². The van der Waals surface area contributed by atoms with Crippen molar-refractivity contribution >= 4 is 18.1 Å². The molecule has 0 aromatic carbocycles. The minimum atomic E-state index is -0.558. The molecule has 24 heavy (non-hydrogen) atoms. The molecule has 0 radical (unpaired) electrons. The minimum Gasteiger partial charge on any atom is -0.477 e. The molecule has 7 nitrogen and oxygen atoms in total. The van der Waals surface area contributed by atoms with Gasteiger partial charge in [-0.3, -0.25) is 4.79 Å². The molecule has 0 aliphatic heterocycles. The molecule has 0 saturated carbocycles. The number of hydrogen-bond acceptors (Lipinski definition) is 5. The van der Waals surface area contributed by atoms with E-state index in [4.69, 9.17) is 9.47 Å². The first-order valence-corrected chi connectivity index (χ1v) is 8.01. The number of hydrogen-bond donors (Lipinski definition) is 1. The summed E-state index contributed by atoms with van der Waals surface area (Å²) in [4.78, 5) is 23.3. The van der Waals surface area contributed by atoms with Crippen LogP contribution >= 0.6 is 0 Å². The molecule has 1 amide bonds. The van der Waals surface area contributed by atoms with Gasteiger partial charge in [-0.15, -0.1) is 0 Å². The fourth-order valence-electron chi connectivity index (χ4n) is 1.95. The molecule has 1 aromatic heterocycles. The number of esters is 1. The molecule has 0 saturated heterocycles. The summed E-state index contributed by atoms with van der Waals surface area (Å²) in [6.07, 6.45) is 4.86. The summed E-state index contributed by atoms with van der Waals surface area (Å²) >= 11 is 0. The maximum absolute atomic E-state index is 12.0. The Bertz CT molecular complexity index is 603. The van der Waals surface area contributed by atoms with Crippen molar-refractivity contribution in [1.29, 1.82) is 0 Å². The largest absolute Gasteiger partial charge is 0.477 e. The first-order chi connectivity index (χ1) is 11.2. The zero-order valence-electron chi connectivity index (χ0n) is 15.3. The molecule has 134 valence electrons. The summed E-state index contributed by atoms with van der Waals surface area (Å²) in [6, 6.07) is 0. The minimum absolute atomic E-state index is 0.131. The number of carbonyl (C=O) groups is 2. The average Bonchev–Trinajstić information content (AvgIpc) is 2.85.